The van der Waals surface area contributed by atoms with Crippen LogP contribution < -0.4 is 4.74 Å². The number of carbonyl (C=O) groups is 1. The van der Waals surface area contributed by atoms with Crippen molar-refractivity contribution in [3.05, 3.63) is 29.8 Å². The van der Waals surface area contributed by atoms with E-state index in [1.165, 1.54) is 7.11 Å². The second kappa shape index (κ2) is 11.5. The molecule has 0 aromatic heterocycles. The highest BCUT2D eigenvalue weighted by atomic mass is 32.1. The summed E-state index contributed by atoms with van der Waals surface area (Å²) in [6.45, 7) is -1.29. The number of methoxy groups -OCH3 is 1. The van der Waals surface area contributed by atoms with Crippen molar-refractivity contribution >= 4 is 35.1 Å². The Morgan fingerprint density at radius 1 is 1.14 bits per heavy atom. The molecule has 1 rings (SSSR count). The van der Waals surface area contributed by atoms with E-state index in [4.69, 9.17) is 22.1 Å². The van der Waals surface area contributed by atoms with E-state index in [2.05, 4.69) is 12.6 Å². The molecule has 0 bridgehead atoms. The Morgan fingerprint density at radius 3 is 2.11 bits per heavy atom. The van der Waals surface area contributed by atoms with Gasteiger partial charge in [0.25, 0.3) is 0 Å². The molecular weight excluding hydrogens is 410 g/mol. The lowest BCUT2D eigenvalue weighted by Crippen LogP contribution is -2.53. The molecule has 28 heavy (non-hydrogen) atoms. The first-order valence-corrected chi connectivity index (χ1v) is 9.16. The van der Waals surface area contributed by atoms with Crippen LogP contribution in [0.4, 0.5) is 0 Å². The van der Waals surface area contributed by atoms with Gasteiger partial charge in [0, 0.05) is 13.0 Å². The molecule has 1 aromatic carbocycles. The standard InChI is InChI=1S/C17H25NO8S2/c1-26-10-4-2-9(3-5-10)6-11(16(24)25)18(17(27)28)7-12(20)14(22)15(23)13(21)8-19/h2-5,11-15,19-23H,6-8H2,1H3,(H,24,25)(H,27,28). The molecule has 158 valence electrons. The molecule has 0 aliphatic heterocycles. The zero-order valence-electron chi connectivity index (χ0n) is 15.1. The number of benzene rings is 1. The molecular formula is C17H25NO8S2. The minimum Gasteiger partial charge on any atom is -0.497 e. The monoisotopic (exact) mass is 435 g/mol. The predicted octanol–water partition coefficient (Wildman–Crippen LogP) is -1.36. The van der Waals surface area contributed by atoms with Crippen LogP contribution in [0, 0.1) is 0 Å². The second-order valence-electron chi connectivity index (χ2n) is 6.14. The van der Waals surface area contributed by atoms with Crippen molar-refractivity contribution in [1.82, 2.24) is 4.90 Å². The average Bonchev–Trinajstić information content (AvgIpc) is 2.68. The first kappa shape index (κ1) is 24.6. The van der Waals surface area contributed by atoms with Crippen LogP contribution in [0.2, 0.25) is 0 Å². The molecule has 5 unspecified atom stereocenters. The maximum Gasteiger partial charge on any atom is 0.326 e. The maximum absolute atomic E-state index is 11.8. The summed E-state index contributed by atoms with van der Waals surface area (Å²) in [7, 11) is 1.50. The number of aliphatic carboxylic acids is 1. The van der Waals surface area contributed by atoms with Crippen molar-refractivity contribution in [3.63, 3.8) is 0 Å². The minimum atomic E-state index is -1.84. The van der Waals surface area contributed by atoms with E-state index in [1.807, 2.05) is 0 Å². The molecule has 5 atom stereocenters. The molecule has 0 saturated heterocycles. The van der Waals surface area contributed by atoms with Gasteiger partial charge in [-0.3, -0.25) is 0 Å². The fraction of sp³-hybridized carbons (Fsp3) is 0.529. The minimum absolute atomic E-state index is 0.0185. The van der Waals surface area contributed by atoms with E-state index in [1.54, 1.807) is 24.3 Å². The molecule has 0 aliphatic carbocycles. The van der Waals surface area contributed by atoms with Crippen molar-refractivity contribution in [2.75, 3.05) is 20.3 Å². The Labute approximate surface area is 173 Å². The van der Waals surface area contributed by atoms with E-state index in [9.17, 15) is 30.3 Å². The molecule has 9 nitrogen and oxygen atoms in total. The quantitative estimate of drug-likeness (QED) is 0.164. The Balaban J connectivity index is 2.97. The summed E-state index contributed by atoms with van der Waals surface area (Å²) in [6.07, 6.45) is -7.00. The van der Waals surface area contributed by atoms with Crippen molar-refractivity contribution in [2.45, 2.75) is 36.9 Å². The van der Waals surface area contributed by atoms with Gasteiger partial charge in [-0.2, -0.15) is 0 Å². The first-order chi connectivity index (χ1) is 13.1. The normalized spacial score (nSPS) is 16.5. The van der Waals surface area contributed by atoms with Gasteiger partial charge in [-0.25, -0.2) is 4.79 Å². The van der Waals surface area contributed by atoms with Gasteiger partial charge in [0.1, 0.15) is 40.5 Å². The summed E-state index contributed by atoms with van der Waals surface area (Å²) in [4.78, 5) is 12.9. The summed E-state index contributed by atoms with van der Waals surface area (Å²) in [5, 5.41) is 57.7. The van der Waals surface area contributed by atoms with Gasteiger partial charge in [-0.1, -0.05) is 24.4 Å². The highest BCUT2D eigenvalue weighted by Crippen LogP contribution is 2.18. The van der Waals surface area contributed by atoms with Crippen molar-refractivity contribution in [2.24, 2.45) is 0 Å². The number of hydrogen-bond acceptors (Lipinski definition) is 8. The van der Waals surface area contributed by atoms with Gasteiger partial charge in [0.05, 0.1) is 13.7 Å². The molecule has 6 N–H and O–H groups in total. The summed E-state index contributed by atoms with van der Waals surface area (Å²) in [5.41, 5.74) is 0.661. The number of ether oxygens (including phenoxy) is 1. The fourth-order valence-corrected chi connectivity index (χ4v) is 2.95. The molecule has 0 saturated carbocycles. The lowest BCUT2D eigenvalue weighted by atomic mass is 10.0. The van der Waals surface area contributed by atoms with Gasteiger partial charge in [-0.15, -0.1) is 12.6 Å². The highest BCUT2D eigenvalue weighted by Gasteiger charge is 2.34. The highest BCUT2D eigenvalue weighted by molar-refractivity contribution is 8.10. The molecule has 0 heterocycles. The number of rotatable bonds is 11. The largest absolute Gasteiger partial charge is 0.497 e. The third-order valence-electron chi connectivity index (χ3n) is 4.20. The lowest BCUT2D eigenvalue weighted by Gasteiger charge is -2.34. The van der Waals surface area contributed by atoms with Crippen LogP contribution in [-0.2, 0) is 11.2 Å². The Bertz CT molecular complexity index is 645. The van der Waals surface area contributed by atoms with Crippen LogP contribution in [0.25, 0.3) is 0 Å². The van der Waals surface area contributed by atoms with Crippen LogP contribution >= 0.6 is 24.8 Å². The number of carboxylic acids is 1. The Hall–Kier alpha value is -1.47. The molecule has 0 spiro atoms. The zero-order chi connectivity index (χ0) is 21.4. The van der Waals surface area contributed by atoms with Crippen molar-refractivity contribution in [3.8, 4) is 5.75 Å². The van der Waals surface area contributed by atoms with E-state index < -0.39 is 49.6 Å². The molecule has 0 aliphatic rings. The molecule has 1 aromatic rings. The number of thiol groups is 1. The van der Waals surface area contributed by atoms with Gasteiger partial charge >= 0.3 is 5.97 Å². The van der Waals surface area contributed by atoms with Gasteiger partial charge in [0.2, 0.25) is 0 Å². The smallest absolute Gasteiger partial charge is 0.326 e. The summed E-state index contributed by atoms with van der Waals surface area (Å²) < 4.78 is 4.92. The van der Waals surface area contributed by atoms with E-state index in [0.29, 0.717) is 11.3 Å². The van der Waals surface area contributed by atoms with E-state index in [-0.39, 0.29) is 10.7 Å². The number of aliphatic hydroxyl groups excluding tert-OH is 5. The fourth-order valence-electron chi connectivity index (χ4n) is 2.53. The van der Waals surface area contributed by atoms with Gasteiger partial charge < -0.3 is 40.3 Å². The van der Waals surface area contributed by atoms with Crippen LogP contribution in [0.1, 0.15) is 5.56 Å². The number of carboxylic acid groups (broad SMARTS) is 1. The maximum atomic E-state index is 11.8. The third kappa shape index (κ3) is 6.85. The van der Waals surface area contributed by atoms with Gasteiger partial charge in [-0.05, 0) is 17.7 Å². The molecule has 0 fully saturated rings. The molecule has 0 radical (unpaired) electrons. The van der Waals surface area contributed by atoms with Crippen LogP contribution in [0.15, 0.2) is 24.3 Å². The third-order valence-corrected chi connectivity index (χ3v) is 4.70. The topological polar surface area (TPSA) is 151 Å². The summed E-state index contributed by atoms with van der Waals surface area (Å²) in [5.74, 6) is -0.628. The van der Waals surface area contributed by atoms with Crippen molar-refractivity contribution in [1.29, 1.82) is 0 Å². The number of aliphatic hydroxyl groups is 5. The van der Waals surface area contributed by atoms with Crippen LogP contribution in [-0.4, -0.2) is 96.5 Å². The number of hydrogen-bond donors (Lipinski definition) is 7. The second-order valence-corrected chi connectivity index (χ2v) is 7.25. The van der Waals surface area contributed by atoms with Crippen molar-refractivity contribution < 1.29 is 40.2 Å². The van der Waals surface area contributed by atoms with Crippen LogP contribution in [0.5, 0.6) is 5.75 Å². The SMILES string of the molecule is COc1ccc(CC(C(=O)O)N(CC(O)C(O)C(O)C(O)CO)C(=S)S)cc1. The Kier molecular flexibility index (Phi) is 10.1. The average molecular weight is 436 g/mol. The lowest BCUT2D eigenvalue weighted by molar-refractivity contribution is -0.143. The summed E-state index contributed by atoms with van der Waals surface area (Å²) >= 11 is 8.98. The van der Waals surface area contributed by atoms with E-state index in [0.717, 1.165) is 4.90 Å². The van der Waals surface area contributed by atoms with E-state index >= 15 is 0 Å². The van der Waals surface area contributed by atoms with Gasteiger partial charge in [0.15, 0.2) is 0 Å². The van der Waals surface area contributed by atoms with Crippen LogP contribution in [0.3, 0.4) is 0 Å². The Morgan fingerprint density at radius 2 is 1.68 bits per heavy atom. The number of nitrogens with zero attached hydrogens (tertiary/aromatic N) is 1. The molecule has 11 heteroatoms. The predicted molar refractivity (Wildman–Crippen MR) is 108 cm³/mol. The first-order valence-electron chi connectivity index (χ1n) is 8.30. The summed E-state index contributed by atoms with van der Waals surface area (Å²) in [6, 6.07) is 5.49. The zero-order valence-corrected chi connectivity index (χ0v) is 16.8. The molecule has 0 amide bonds. The number of thiocarbonyl (C=S) groups is 1.